The largest absolute Gasteiger partial charge is 0.366 e. The lowest BCUT2D eigenvalue weighted by Gasteiger charge is -2.22. The van der Waals surface area contributed by atoms with Gasteiger partial charge in [0.05, 0.1) is 5.56 Å². The van der Waals surface area contributed by atoms with Gasteiger partial charge in [-0.25, -0.2) is 0 Å². The number of aromatic amines is 1. The van der Waals surface area contributed by atoms with Crippen molar-refractivity contribution in [1.82, 2.24) is 9.88 Å². The molecule has 0 aliphatic heterocycles. The Labute approximate surface area is 129 Å². The first-order valence-corrected chi connectivity index (χ1v) is 7.13. The molecule has 1 aromatic heterocycles. The topological polar surface area (TPSA) is 105 Å². The fourth-order valence-electron chi connectivity index (χ4n) is 2.17. The van der Waals surface area contributed by atoms with E-state index in [-0.39, 0.29) is 5.91 Å². The highest BCUT2D eigenvalue weighted by Crippen LogP contribution is 2.11. The zero-order valence-electron chi connectivity index (χ0n) is 12.3. The van der Waals surface area contributed by atoms with Crippen LogP contribution in [0.15, 0.2) is 42.6 Å². The van der Waals surface area contributed by atoms with E-state index in [4.69, 9.17) is 11.5 Å². The molecule has 0 aliphatic rings. The van der Waals surface area contributed by atoms with Gasteiger partial charge >= 0.3 is 0 Å². The highest BCUT2D eigenvalue weighted by atomic mass is 16.2. The van der Waals surface area contributed by atoms with Gasteiger partial charge in [-0.2, -0.15) is 0 Å². The second-order valence-electron chi connectivity index (χ2n) is 5.02. The van der Waals surface area contributed by atoms with Gasteiger partial charge in [-0.1, -0.05) is 30.3 Å². The average molecular weight is 300 g/mol. The Morgan fingerprint density at radius 1 is 1.18 bits per heavy atom. The van der Waals surface area contributed by atoms with Crippen molar-refractivity contribution >= 4 is 11.8 Å². The second-order valence-corrected chi connectivity index (χ2v) is 5.02. The summed E-state index contributed by atoms with van der Waals surface area (Å²) in [6.07, 6.45) is 2.15. The molecule has 0 radical (unpaired) electrons. The Balaban J connectivity index is 2.16. The molecule has 0 saturated carbocycles. The van der Waals surface area contributed by atoms with Crippen LogP contribution in [0.4, 0.5) is 0 Å². The first-order valence-electron chi connectivity index (χ1n) is 7.13. The Hall–Kier alpha value is -2.60. The van der Waals surface area contributed by atoms with Crippen molar-refractivity contribution in [2.45, 2.75) is 13.0 Å². The number of benzene rings is 1. The fraction of sp³-hybridized carbons (Fsp3) is 0.250. The van der Waals surface area contributed by atoms with Gasteiger partial charge < -0.3 is 21.4 Å². The van der Waals surface area contributed by atoms with Crippen LogP contribution in [-0.2, 0) is 6.54 Å². The van der Waals surface area contributed by atoms with E-state index in [0.29, 0.717) is 37.3 Å². The molecule has 0 fully saturated rings. The van der Waals surface area contributed by atoms with Gasteiger partial charge in [0.25, 0.3) is 5.91 Å². The minimum Gasteiger partial charge on any atom is -0.366 e. The number of carbonyl (C=O) groups excluding carboxylic acids is 2. The summed E-state index contributed by atoms with van der Waals surface area (Å²) in [6.45, 7) is 1.55. The third-order valence-electron chi connectivity index (χ3n) is 3.33. The van der Waals surface area contributed by atoms with Crippen LogP contribution in [0.25, 0.3) is 0 Å². The van der Waals surface area contributed by atoms with Crippen LogP contribution in [0.1, 0.15) is 32.8 Å². The zero-order valence-corrected chi connectivity index (χ0v) is 12.3. The number of nitrogens with one attached hydrogen (secondary N) is 1. The lowest BCUT2D eigenvalue weighted by atomic mass is 10.2. The Morgan fingerprint density at radius 2 is 1.91 bits per heavy atom. The number of H-pyrrole nitrogens is 1. The van der Waals surface area contributed by atoms with Gasteiger partial charge in [-0.3, -0.25) is 9.59 Å². The van der Waals surface area contributed by atoms with E-state index >= 15 is 0 Å². The summed E-state index contributed by atoms with van der Waals surface area (Å²) in [5.74, 6) is -0.739. The number of aromatic nitrogens is 1. The smallest absolute Gasteiger partial charge is 0.270 e. The summed E-state index contributed by atoms with van der Waals surface area (Å²) in [5.41, 5.74) is 12.4. The molecule has 1 heterocycles. The predicted molar refractivity (Wildman–Crippen MR) is 84.2 cm³/mol. The molecule has 6 nitrogen and oxygen atoms in total. The maximum atomic E-state index is 12.6. The molecular weight excluding hydrogens is 280 g/mol. The molecule has 0 aliphatic carbocycles. The van der Waals surface area contributed by atoms with Crippen molar-refractivity contribution < 1.29 is 9.59 Å². The van der Waals surface area contributed by atoms with Crippen LogP contribution in [-0.4, -0.2) is 34.8 Å². The van der Waals surface area contributed by atoms with E-state index in [0.717, 1.165) is 5.56 Å². The van der Waals surface area contributed by atoms with Crippen LogP contribution >= 0.6 is 0 Å². The molecule has 0 atom stereocenters. The van der Waals surface area contributed by atoms with Gasteiger partial charge in [0, 0.05) is 19.3 Å². The minimum atomic E-state index is -0.563. The molecule has 0 spiro atoms. The van der Waals surface area contributed by atoms with Crippen LogP contribution in [0.5, 0.6) is 0 Å². The molecule has 2 rings (SSSR count). The lowest BCUT2D eigenvalue weighted by molar-refractivity contribution is 0.0737. The molecule has 2 amide bonds. The maximum Gasteiger partial charge on any atom is 0.270 e. The van der Waals surface area contributed by atoms with E-state index in [1.54, 1.807) is 4.90 Å². The zero-order chi connectivity index (χ0) is 15.9. The molecule has 1 aromatic carbocycles. The number of nitrogens with zero attached hydrogens (tertiary/aromatic N) is 1. The minimum absolute atomic E-state index is 0.176. The molecule has 22 heavy (non-hydrogen) atoms. The molecule has 116 valence electrons. The van der Waals surface area contributed by atoms with Gasteiger partial charge in [-0.05, 0) is 24.6 Å². The SMILES string of the molecule is NCCCN(Cc1ccccc1)C(=O)c1cc(C(N)=O)c[nH]1. The van der Waals surface area contributed by atoms with Crippen molar-refractivity contribution in [3.63, 3.8) is 0 Å². The second kappa shape index (κ2) is 7.42. The summed E-state index contributed by atoms with van der Waals surface area (Å²) in [6, 6.07) is 11.2. The Morgan fingerprint density at radius 3 is 2.50 bits per heavy atom. The van der Waals surface area contributed by atoms with E-state index < -0.39 is 5.91 Å². The Bertz CT molecular complexity index is 637. The average Bonchev–Trinajstić information content (AvgIpc) is 3.02. The van der Waals surface area contributed by atoms with Crippen LogP contribution in [0.3, 0.4) is 0 Å². The molecular formula is C16H20N4O2. The quantitative estimate of drug-likeness (QED) is 0.713. The summed E-state index contributed by atoms with van der Waals surface area (Å²) in [5, 5.41) is 0. The van der Waals surface area contributed by atoms with E-state index in [2.05, 4.69) is 4.98 Å². The number of primary amides is 1. The predicted octanol–water partition coefficient (Wildman–Crippen LogP) is 1.10. The van der Waals surface area contributed by atoms with Crippen LogP contribution in [0, 0.1) is 0 Å². The number of hydrogen-bond acceptors (Lipinski definition) is 3. The van der Waals surface area contributed by atoms with Gasteiger partial charge in [0.15, 0.2) is 0 Å². The van der Waals surface area contributed by atoms with Crippen molar-refractivity contribution in [3.8, 4) is 0 Å². The molecule has 0 saturated heterocycles. The monoisotopic (exact) mass is 300 g/mol. The summed E-state index contributed by atoms with van der Waals surface area (Å²) >= 11 is 0. The van der Waals surface area contributed by atoms with Gasteiger partial charge in [-0.15, -0.1) is 0 Å². The first kappa shape index (κ1) is 15.8. The number of nitrogens with two attached hydrogens (primary N) is 2. The van der Waals surface area contributed by atoms with Gasteiger partial charge in [0.2, 0.25) is 5.91 Å². The van der Waals surface area contributed by atoms with Crippen LogP contribution < -0.4 is 11.5 Å². The maximum absolute atomic E-state index is 12.6. The normalized spacial score (nSPS) is 10.4. The number of carbonyl (C=O) groups is 2. The molecule has 2 aromatic rings. The number of hydrogen-bond donors (Lipinski definition) is 3. The molecule has 6 heteroatoms. The highest BCUT2D eigenvalue weighted by molar-refractivity contribution is 5.98. The fourth-order valence-corrected chi connectivity index (χ4v) is 2.17. The Kier molecular flexibility index (Phi) is 5.32. The summed E-state index contributed by atoms with van der Waals surface area (Å²) < 4.78 is 0. The lowest BCUT2D eigenvalue weighted by Crippen LogP contribution is -2.32. The van der Waals surface area contributed by atoms with Gasteiger partial charge in [0.1, 0.15) is 5.69 Å². The summed E-state index contributed by atoms with van der Waals surface area (Å²) in [4.78, 5) is 28.2. The molecule has 0 bridgehead atoms. The van der Waals surface area contributed by atoms with E-state index in [1.807, 2.05) is 30.3 Å². The third-order valence-corrected chi connectivity index (χ3v) is 3.33. The molecule has 5 N–H and O–H groups in total. The highest BCUT2D eigenvalue weighted by Gasteiger charge is 2.18. The molecule has 0 unspecified atom stereocenters. The third kappa shape index (κ3) is 3.95. The number of amides is 2. The summed E-state index contributed by atoms with van der Waals surface area (Å²) in [7, 11) is 0. The van der Waals surface area contributed by atoms with E-state index in [1.165, 1.54) is 12.3 Å². The van der Waals surface area contributed by atoms with Crippen molar-refractivity contribution in [2.24, 2.45) is 11.5 Å². The van der Waals surface area contributed by atoms with Crippen molar-refractivity contribution in [2.75, 3.05) is 13.1 Å². The van der Waals surface area contributed by atoms with Crippen molar-refractivity contribution in [3.05, 3.63) is 59.4 Å². The standard InChI is InChI=1S/C16H20N4O2/c17-7-4-8-20(11-12-5-2-1-3-6-12)16(22)14-9-13(10-19-14)15(18)21/h1-3,5-6,9-10,19H,4,7-8,11,17H2,(H2,18,21). The number of rotatable bonds is 7. The van der Waals surface area contributed by atoms with Crippen LogP contribution in [0.2, 0.25) is 0 Å². The van der Waals surface area contributed by atoms with E-state index in [9.17, 15) is 9.59 Å². The first-order chi connectivity index (χ1) is 10.6. The van der Waals surface area contributed by atoms with Crippen molar-refractivity contribution in [1.29, 1.82) is 0 Å².